The summed E-state index contributed by atoms with van der Waals surface area (Å²) >= 11 is 0. The zero-order valence-electron chi connectivity index (χ0n) is 8.03. The average Bonchev–Trinajstić information content (AvgIpc) is 2.86. The molecular weight excluding hydrogens is 202 g/mol. The van der Waals surface area contributed by atoms with E-state index in [1.54, 1.807) is 0 Å². The third-order valence-corrected chi connectivity index (χ3v) is 4.63. The molecule has 1 aliphatic carbocycles. The van der Waals surface area contributed by atoms with E-state index in [0.29, 0.717) is 12.3 Å². The van der Waals surface area contributed by atoms with Crippen molar-refractivity contribution in [1.29, 1.82) is 0 Å². The normalized spacial score (nSPS) is 30.1. The fraction of sp³-hybridized carbons (Fsp3) is 0.889. The van der Waals surface area contributed by atoms with Gasteiger partial charge in [-0.3, -0.25) is 4.79 Å². The largest absolute Gasteiger partial charge is 0.356 e. The van der Waals surface area contributed by atoms with E-state index in [1.165, 1.54) is 12.8 Å². The van der Waals surface area contributed by atoms with Crippen molar-refractivity contribution in [3.8, 4) is 0 Å². The Kier molecular flexibility index (Phi) is 2.51. The van der Waals surface area contributed by atoms with Crippen molar-refractivity contribution in [3.63, 3.8) is 0 Å². The van der Waals surface area contributed by atoms with Gasteiger partial charge in [-0.05, 0) is 25.2 Å². The number of sulfone groups is 1. The SMILES string of the molecule is O=C(NCC1CC1)C1CCS(=O)(=O)C1. The Hall–Kier alpha value is -0.580. The van der Waals surface area contributed by atoms with E-state index >= 15 is 0 Å². The van der Waals surface area contributed by atoms with Gasteiger partial charge in [0.2, 0.25) is 5.91 Å². The molecule has 0 aromatic heterocycles. The minimum atomic E-state index is -2.92. The molecule has 0 aromatic carbocycles. The highest BCUT2D eigenvalue weighted by atomic mass is 32.2. The lowest BCUT2D eigenvalue weighted by atomic mass is 10.1. The molecule has 2 aliphatic rings. The number of nitrogens with one attached hydrogen (secondary N) is 1. The fourth-order valence-electron chi connectivity index (χ4n) is 1.71. The maximum absolute atomic E-state index is 11.5. The lowest BCUT2D eigenvalue weighted by Crippen LogP contribution is -2.32. The van der Waals surface area contributed by atoms with E-state index in [1.807, 2.05) is 0 Å². The predicted molar refractivity (Wildman–Crippen MR) is 52.5 cm³/mol. The summed E-state index contributed by atoms with van der Waals surface area (Å²) in [7, 11) is -2.92. The van der Waals surface area contributed by atoms with Gasteiger partial charge in [-0.1, -0.05) is 0 Å². The summed E-state index contributed by atoms with van der Waals surface area (Å²) in [6.45, 7) is 0.732. The van der Waals surface area contributed by atoms with Gasteiger partial charge in [0.05, 0.1) is 17.4 Å². The zero-order chi connectivity index (χ0) is 10.2. The van der Waals surface area contributed by atoms with E-state index < -0.39 is 9.84 Å². The molecule has 1 unspecified atom stereocenters. The minimum Gasteiger partial charge on any atom is -0.356 e. The highest BCUT2D eigenvalue weighted by Crippen LogP contribution is 2.28. The van der Waals surface area contributed by atoms with E-state index in [2.05, 4.69) is 5.32 Å². The van der Waals surface area contributed by atoms with Crippen molar-refractivity contribution in [1.82, 2.24) is 5.32 Å². The van der Waals surface area contributed by atoms with Crippen LogP contribution in [0.2, 0.25) is 0 Å². The highest BCUT2D eigenvalue weighted by molar-refractivity contribution is 7.91. The predicted octanol–water partition coefficient (Wildman–Crippen LogP) is -0.0527. The molecule has 0 spiro atoms. The monoisotopic (exact) mass is 217 g/mol. The molecule has 0 radical (unpaired) electrons. The van der Waals surface area contributed by atoms with Crippen LogP contribution in [0.3, 0.4) is 0 Å². The van der Waals surface area contributed by atoms with Crippen molar-refractivity contribution in [2.75, 3.05) is 18.1 Å². The number of carbonyl (C=O) groups is 1. The molecule has 4 nitrogen and oxygen atoms in total. The average molecular weight is 217 g/mol. The van der Waals surface area contributed by atoms with E-state index in [-0.39, 0.29) is 23.3 Å². The molecule has 80 valence electrons. The third-order valence-electron chi connectivity index (χ3n) is 2.87. The molecular formula is C9H15NO3S. The van der Waals surface area contributed by atoms with Gasteiger partial charge in [0.25, 0.3) is 0 Å². The molecule has 5 heteroatoms. The zero-order valence-corrected chi connectivity index (χ0v) is 8.85. The highest BCUT2D eigenvalue weighted by Gasteiger charge is 2.33. The molecule has 1 saturated heterocycles. The number of hydrogen-bond acceptors (Lipinski definition) is 3. The molecule has 2 rings (SSSR count). The van der Waals surface area contributed by atoms with Crippen molar-refractivity contribution in [3.05, 3.63) is 0 Å². The van der Waals surface area contributed by atoms with Gasteiger partial charge in [-0.2, -0.15) is 0 Å². The summed E-state index contributed by atoms with van der Waals surface area (Å²) in [6, 6.07) is 0. The van der Waals surface area contributed by atoms with Gasteiger partial charge in [-0.15, -0.1) is 0 Å². The molecule has 1 saturated carbocycles. The second-order valence-corrected chi connectivity index (χ2v) is 6.52. The van der Waals surface area contributed by atoms with Gasteiger partial charge in [-0.25, -0.2) is 8.42 Å². The molecule has 2 fully saturated rings. The quantitative estimate of drug-likeness (QED) is 0.720. The summed E-state index contributed by atoms with van der Waals surface area (Å²) in [5.41, 5.74) is 0. The molecule has 1 aliphatic heterocycles. The Morgan fingerprint density at radius 1 is 1.29 bits per heavy atom. The van der Waals surface area contributed by atoms with Crippen LogP contribution in [0.15, 0.2) is 0 Å². The number of rotatable bonds is 3. The molecule has 1 atom stereocenters. The molecule has 14 heavy (non-hydrogen) atoms. The maximum atomic E-state index is 11.5. The fourth-order valence-corrected chi connectivity index (χ4v) is 3.45. The summed E-state index contributed by atoms with van der Waals surface area (Å²) in [4.78, 5) is 11.5. The van der Waals surface area contributed by atoms with Gasteiger partial charge in [0.15, 0.2) is 9.84 Å². The third kappa shape index (κ3) is 2.47. The first-order valence-corrected chi connectivity index (χ1v) is 6.87. The van der Waals surface area contributed by atoms with Gasteiger partial charge in [0, 0.05) is 6.54 Å². The summed E-state index contributed by atoms with van der Waals surface area (Å²) in [5.74, 6) is 0.506. The first-order chi connectivity index (χ1) is 6.57. The minimum absolute atomic E-state index is 0.0451. The van der Waals surface area contributed by atoms with Crippen molar-refractivity contribution < 1.29 is 13.2 Å². The van der Waals surface area contributed by atoms with Gasteiger partial charge >= 0.3 is 0 Å². The number of hydrogen-bond donors (Lipinski definition) is 1. The van der Waals surface area contributed by atoms with Crippen LogP contribution in [0.1, 0.15) is 19.3 Å². The van der Waals surface area contributed by atoms with Crippen molar-refractivity contribution in [2.45, 2.75) is 19.3 Å². The Labute approximate surface area is 84.0 Å². The van der Waals surface area contributed by atoms with Crippen LogP contribution >= 0.6 is 0 Å². The second kappa shape index (κ2) is 3.53. The van der Waals surface area contributed by atoms with Crippen LogP contribution in [-0.2, 0) is 14.6 Å². The topological polar surface area (TPSA) is 63.2 Å². The Morgan fingerprint density at radius 2 is 2.00 bits per heavy atom. The molecule has 1 N–H and O–H groups in total. The molecule has 0 bridgehead atoms. The Bertz CT molecular complexity index is 332. The van der Waals surface area contributed by atoms with Crippen LogP contribution in [0.5, 0.6) is 0 Å². The van der Waals surface area contributed by atoms with E-state index in [9.17, 15) is 13.2 Å². The summed E-state index contributed by atoms with van der Waals surface area (Å²) in [6.07, 6.45) is 2.89. The van der Waals surface area contributed by atoms with Crippen LogP contribution in [-0.4, -0.2) is 32.4 Å². The maximum Gasteiger partial charge on any atom is 0.224 e. The van der Waals surface area contributed by atoms with Crippen LogP contribution in [0.25, 0.3) is 0 Å². The number of amides is 1. The molecule has 1 amide bonds. The summed E-state index contributed by atoms with van der Waals surface area (Å²) in [5, 5.41) is 2.82. The van der Waals surface area contributed by atoms with Crippen molar-refractivity contribution >= 4 is 15.7 Å². The Balaban J connectivity index is 1.80. The van der Waals surface area contributed by atoms with Crippen LogP contribution in [0, 0.1) is 11.8 Å². The lowest BCUT2D eigenvalue weighted by Gasteiger charge is -2.08. The van der Waals surface area contributed by atoms with Gasteiger partial charge < -0.3 is 5.32 Å². The first-order valence-electron chi connectivity index (χ1n) is 5.05. The smallest absolute Gasteiger partial charge is 0.224 e. The Morgan fingerprint density at radius 3 is 2.50 bits per heavy atom. The second-order valence-electron chi connectivity index (χ2n) is 4.29. The summed E-state index contributed by atoms with van der Waals surface area (Å²) < 4.78 is 22.2. The van der Waals surface area contributed by atoms with E-state index in [0.717, 1.165) is 6.54 Å². The lowest BCUT2D eigenvalue weighted by molar-refractivity contribution is -0.124. The van der Waals surface area contributed by atoms with E-state index in [4.69, 9.17) is 0 Å². The standard InChI is InChI=1S/C9H15NO3S/c11-9(10-5-7-1-2-7)8-3-4-14(12,13)6-8/h7-8H,1-6H2,(H,10,11). The number of carbonyl (C=O) groups excluding carboxylic acids is 1. The van der Waals surface area contributed by atoms with Crippen molar-refractivity contribution in [2.24, 2.45) is 11.8 Å². The van der Waals surface area contributed by atoms with Crippen LogP contribution < -0.4 is 5.32 Å². The van der Waals surface area contributed by atoms with Gasteiger partial charge in [0.1, 0.15) is 0 Å². The molecule has 0 aromatic rings. The van der Waals surface area contributed by atoms with Crippen LogP contribution in [0.4, 0.5) is 0 Å². The first kappa shape index (κ1) is 9.96. The molecule has 1 heterocycles.